The van der Waals surface area contributed by atoms with Crippen LogP contribution in [0.5, 0.6) is 0 Å². The maximum Gasteiger partial charge on any atom is 0.191 e. The van der Waals surface area contributed by atoms with Crippen LogP contribution < -0.4 is 10.6 Å². The third-order valence-corrected chi connectivity index (χ3v) is 5.56. The SMILES string of the molecule is CCNC(=NCc1nc(C(C)C)cs1)NCC1CCCOC1C(C)(C)C.I. The van der Waals surface area contributed by atoms with Crippen molar-refractivity contribution >= 4 is 41.3 Å². The third kappa shape index (κ3) is 7.85. The molecule has 0 saturated carbocycles. The summed E-state index contributed by atoms with van der Waals surface area (Å²) < 4.78 is 6.09. The zero-order chi connectivity index (χ0) is 19.2. The van der Waals surface area contributed by atoms with Gasteiger partial charge in [0.1, 0.15) is 5.01 Å². The fourth-order valence-electron chi connectivity index (χ4n) is 3.39. The van der Waals surface area contributed by atoms with Crippen molar-refractivity contribution < 1.29 is 4.74 Å². The zero-order valence-electron chi connectivity index (χ0n) is 17.7. The highest BCUT2D eigenvalue weighted by atomic mass is 127. The highest BCUT2D eigenvalue weighted by molar-refractivity contribution is 14.0. The van der Waals surface area contributed by atoms with Gasteiger partial charge in [-0.05, 0) is 31.1 Å². The summed E-state index contributed by atoms with van der Waals surface area (Å²) in [6.45, 7) is 16.5. The molecule has 1 fully saturated rings. The predicted octanol–water partition coefficient (Wildman–Crippen LogP) is 4.78. The first-order chi connectivity index (χ1) is 12.3. The second-order valence-corrected chi connectivity index (χ2v) is 9.40. The first-order valence-corrected chi connectivity index (χ1v) is 10.8. The molecule has 1 aliphatic heterocycles. The van der Waals surface area contributed by atoms with Gasteiger partial charge in [-0.25, -0.2) is 9.98 Å². The summed E-state index contributed by atoms with van der Waals surface area (Å²) >= 11 is 1.69. The Hall–Kier alpha value is -0.410. The standard InChI is InChI=1S/C20H36N4OS.HI/c1-7-21-19(23-12-17-24-16(13-26-17)14(2)3)22-11-15-9-8-10-25-18(15)20(4,5)6;/h13-15,18H,7-12H2,1-6H3,(H2,21,22,23);1H. The second kappa shape index (κ2) is 11.6. The molecule has 156 valence electrons. The van der Waals surface area contributed by atoms with Gasteiger partial charge in [0.15, 0.2) is 5.96 Å². The lowest BCUT2D eigenvalue weighted by molar-refractivity contribution is -0.0835. The Morgan fingerprint density at radius 1 is 1.37 bits per heavy atom. The average molecular weight is 509 g/mol. The van der Waals surface area contributed by atoms with E-state index in [1.807, 2.05) is 0 Å². The van der Waals surface area contributed by atoms with Crippen LogP contribution in [-0.2, 0) is 11.3 Å². The topological polar surface area (TPSA) is 58.5 Å². The van der Waals surface area contributed by atoms with Crippen molar-refractivity contribution in [1.29, 1.82) is 0 Å². The lowest BCUT2D eigenvalue weighted by Crippen LogP contribution is -2.47. The Bertz CT molecular complexity index is 583. The predicted molar refractivity (Wildman–Crippen MR) is 126 cm³/mol. The number of hydrogen-bond donors (Lipinski definition) is 2. The van der Waals surface area contributed by atoms with Crippen LogP contribution in [0.25, 0.3) is 0 Å². The summed E-state index contributed by atoms with van der Waals surface area (Å²) in [4.78, 5) is 9.40. The molecule has 0 amide bonds. The minimum Gasteiger partial charge on any atom is -0.377 e. The van der Waals surface area contributed by atoms with Crippen molar-refractivity contribution in [2.24, 2.45) is 16.3 Å². The van der Waals surface area contributed by atoms with E-state index < -0.39 is 0 Å². The summed E-state index contributed by atoms with van der Waals surface area (Å²) in [5, 5.41) is 10.1. The van der Waals surface area contributed by atoms with Crippen molar-refractivity contribution in [2.75, 3.05) is 19.7 Å². The summed E-state index contributed by atoms with van der Waals surface area (Å²) in [5.74, 6) is 1.85. The van der Waals surface area contributed by atoms with Crippen LogP contribution in [0.4, 0.5) is 0 Å². The Morgan fingerprint density at radius 3 is 2.70 bits per heavy atom. The molecular formula is C20H37IN4OS. The Labute approximate surface area is 186 Å². The molecule has 0 radical (unpaired) electrons. The molecule has 7 heteroatoms. The monoisotopic (exact) mass is 508 g/mol. The number of aromatic nitrogens is 1. The van der Waals surface area contributed by atoms with Crippen molar-refractivity contribution in [2.45, 2.75) is 73.0 Å². The number of nitrogens with one attached hydrogen (secondary N) is 2. The third-order valence-electron chi connectivity index (χ3n) is 4.71. The van der Waals surface area contributed by atoms with Crippen LogP contribution in [0.1, 0.15) is 71.0 Å². The first-order valence-electron chi connectivity index (χ1n) is 9.89. The van der Waals surface area contributed by atoms with Crippen molar-refractivity contribution in [3.63, 3.8) is 0 Å². The number of nitrogens with zero attached hydrogens (tertiary/aromatic N) is 2. The van der Waals surface area contributed by atoms with Gasteiger partial charge in [-0.15, -0.1) is 35.3 Å². The van der Waals surface area contributed by atoms with E-state index in [1.165, 1.54) is 6.42 Å². The molecule has 1 aliphatic rings. The minimum atomic E-state index is 0. The maximum absolute atomic E-state index is 6.09. The van der Waals surface area contributed by atoms with Gasteiger partial charge < -0.3 is 15.4 Å². The summed E-state index contributed by atoms with van der Waals surface area (Å²) in [7, 11) is 0. The van der Waals surface area contributed by atoms with Gasteiger partial charge in [-0.2, -0.15) is 0 Å². The van der Waals surface area contributed by atoms with E-state index in [0.29, 0.717) is 24.5 Å². The van der Waals surface area contributed by atoms with Crippen LogP contribution in [-0.4, -0.2) is 36.7 Å². The number of aliphatic imine (C=N–C) groups is 1. The number of ether oxygens (including phenoxy) is 1. The first kappa shape index (κ1) is 24.6. The van der Waals surface area contributed by atoms with Crippen LogP contribution in [0, 0.1) is 11.3 Å². The molecule has 0 aromatic carbocycles. The smallest absolute Gasteiger partial charge is 0.191 e. The maximum atomic E-state index is 6.09. The normalized spacial score (nSPS) is 21.1. The van der Waals surface area contributed by atoms with Gasteiger partial charge in [0.25, 0.3) is 0 Å². The van der Waals surface area contributed by atoms with Crippen molar-refractivity contribution in [3.05, 3.63) is 16.1 Å². The molecule has 1 aromatic heterocycles. The van der Waals surface area contributed by atoms with Gasteiger partial charge in [0.05, 0.1) is 18.3 Å². The molecule has 27 heavy (non-hydrogen) atoms. The van der Waals surface area contributed by atoms with Gasteiger partial charge in [0, 0.05) is 31.0 Å². The zero-order valence-corrected chi connectivity index (χ0v) is 20.8. The van der Waals surface area contributed by atoms with Gasteiger partial charge in [0.2, 0.25) is 0 Å². The van der Waals surface area contributed by atoms with E-state index >= 15 is 0 Å². The van der Waals surface area contributed by atoms with Crippen LogP contribution >= 0.6 is 35.3 Å². The molecule has 2 rings (SSSR count). The molecule has 1 saturated heterocycles. The Kier molecular flexibility index (Phi) is 10.5. The fourth-order valence-corrected chi connectivity index (χ4v) is 4.27. The van der Waals surface area contributed by atoms with Crippen LogP contribution in [0.2, 0.25) is 0 Å². The van der Waals surface area contributed by atoms with Gasteiger partial charge in [-0.3, -0.25) is 0 Å². The molecule has 2 N–H and O–H groups in total. The quantitative estimate of drug-likeness (QED) is 0.330. The minimum absolute atomic E-state index is 0. The highest BCUT2D eigenvalue weighted by Crippen LogP contribution is 2.33. The van der Waals surface area contributed by atoms with Crippen LogP contribution in [0.3, 0.4) is 0 Å². The molecule has 1 aromatic rings. The second-order valence-electron chi connectivity index (χ2n) is 8.46. The Balaban J connectivity index is 0.00000364. The lowest BCUT2D eigenvalue weighted by atomic mass is 9.78. The Morgan fingerprint density at radius 2 is 2.11 bits per heavy atom. The number of hydrogen-bond acceptors (Lipinski definition) is 4. The van der Waals surface area contributed by atoms with E-state index in [1.54, 1.807) is 11.3 Å². The van der Waals surface area contributed by atoms with E-state index in [2.05, 4.69) is 62.5 Å². The average Bonchev–Trinajstić information content (AvgIpc) is 3.06. The van der Waals surface area contributed by atoms with E-state index in [9.17, 15) is 0 Å². The molecule has 0 bridgehead atoms. The van der Waals surface area contributed by atoms with Crippen molar-refractivity contribution in [1.82, 2.24) is 15.6 Å². The van der Waals surface area contributed by atoms with E-state index in [-0.39, 0.29) is 29.4 Å². The number of rotatable bonds is 6. The molecule has 2 heterocycles. The van der Waals surface area contributed by atoms with Gasteiger partial charge in [-0.1, -0.05) is 34.6 Å². The van der Waals surface area contributed by atoms with Crippen molar-refractivity contribution in [3.8, 4) is 0 Å². The summed E-state index contributed by atoms with van der Waals surface area (Å²) in [6, 6.07) is 0. The summed E-state index contributed by atoms with van der Waals surface area (Å²) in [6.07, 6.45) is 2.64. The number of guanidine groups is 1. The molecule has 0 aliphatic carbocycles. The molecule has 2 unspecified atom stereocenters. The summed E-state index contributed by atoms with van der Waals surface area (Å²) in [5.41, 5.74) is 1.32. The van der Waals surface area contributed by atoms with E-state index in [0.717, 1.165) is 42.8 Å². The molecule has 2 atom stereocenters. The molecular weight excluding hydrogens is 471 g/mol. The van der Waals surface area contributed by atoms with Crippen LogP contribution in [0.15, 0.2) is 10.4 Å². The number of thiazole rings is 1. The molecule has 5 nitrogen and oxygen atoms in total. The number of halogens is 1. The molecule has 0 spiro atoms. The lowest BCUT2D eigenvalue weighted by Gasteiger charge is -2.40. The largest absolute Gasteiger partial charge is 0.377 e. The van der Waals surface area contributed by atoms with Gasteiger partial charge >= 0.3 is 0 Å². The van der Waals surface area contributed by atoms with E-state index in [4.69, 9.17) is 9.73 Å². The fraction of sp³-hybridized carbons (Fsp3) is 0.800. The highest BCUT2D eigenvalue weighted by Gasteiger charge is 2.35.